The summed E-state index contributed by atoms with van der Waals surface area (Å²) in [5, 5.41) is 3.93. The van der Waals surface area contributed by atoms with E-state index in [9.17, 15) is 18.0 Å². The van der Waals surface area contributed by atoms with Crippen LogP contribution < -0.4 is 9.62 Å². The van der Waals surface area contributed by atoms with Crippen molar-refractivity contribution < 1.29 is 18.0 Å². The number of nitrogens with zero attached hydrogens (tertiary/aromatic N) is 2. The average Bonchev–Trinajstić information content (AvgIpc) is 2.79. The second kappa shape index (κ2) is 13.1. The van der Waals surface area contributed by atoms with Crippen molar-refractivity contribution in [2.24, 2.45) is 0 Å². The predicted octanol–water partition coefficient (Wildman–Crippen LogP) is 4.87. The van der Waals surface area contributed by atoms with Crippen molar-refractivity contribution in [2.75, 3.05) is 17.1 Å². The van der Waals surface area contributed by atoms with Crippen molar-refractivity contribution in [3.63, 3.8) is 0 Å². The number of carbonyl (C=O) groups is 2. The summed E-state index contributed by atoms with van der Waals surface area (Å²) in [4.78, 5) is 27.6. The molecule has 0 saturated carbocycles. The van der Waals surface area contributed by atoms with Crippen LogP contribution in [0.25, 0.3) is 0 Å². The molecule has 0 heterocycles. The van der Waals surface area contributed by atoms with Crippen LogP contribution in [0.1, 0.15) is 45.6 Å². The fourth-order valence-corrected chi connectivity index (χ4v) is 4.74. The van der Waals surface area contributed by atoms with Crippen LogP contribution in [0.15, 0.2) is 48.5 Å². The third kappa shape index (κ3) is 9.02. The summed E-state index contributed by atoms with van der Waals surface area (Å²) >= 11 is 12.0. The lowest BCUT2D eigenvalue weighted by molar-refractivity contribution is -0.140. The van der Waals surface area contributed by atoms with Gasteiger partial charge in [-0.25, -0.2) is 8.42 Å². The standard InChI is InChI=1S/C25H33Cl2N3O4S/c1-5-18(2)28-25(32)19(3)29(17-20-11-13-21(26)14-12-20)24(31)10-7-15-30(35(4,33)34)23-9-6-8-22(27)16-23/h6,8-9,11-14,16,18-19H,5,7,10,15,17H2,1-4H3,(H,28,32)/t18-,19-/m0/s1. The Balaban J connectivity index is 2.16. The van der Waals surface area contributed by atoms with Crippen LogP contribution in [0.4, 0.5) is 5.69 Å². The minimum Gasteiger partial charge on any atom is -0.352 e. The van der Waals surface area contributed by atoms with Gasteiger partial charge < -0.3 is 10.2 Å². The number of sulfonamides is 1. The number of nitrogens with one attached hydrogen (secondary N) is 1. The topological polar surface area (TPSA) is 86.8 Å². The Kier molecular flexibility index (Phi) is 10.9. The summed E-state index contributed by atoms with van der Waals surface area (Å²) in [6.07, 6.45) is 2.23. The van der Waals surface area contributed by atoms with Gasteiger partial charge in [0.2, 0.25) is 21.8 Å². The number of amides is 2. The lowest BCUT2D eigenvalue weighted by Crippen LogP contribution is -2.49. The second-order valence-electron chi connectivity index (χ2n) is 8.56. The van der Waals surface area contributed by atoms with Gasteiger partial charge in [0.1, 0.15) is 6.04 Å². The summed E-state index contributed by atoms with van der Waals surface area (Å²) in [7, 11) is -3.58. The molecule has 35 heavy (non-hydrogen) atoms. The lowest BCUT2D eigenvalue weighted by atomic mass is 10.1. The summed E-state index contributed by atoms with van der Waals surface area (Å²) < 4.78 is 26.0. The number of hydrogen-bond donors (Lipinski definition) is 1. The maximum atomic E-state index is 13.3. The highest BCUT2D eigenvalue weighted by Gasteiger charge is 2.27. The molecule has 0 fully saturated rings. The molecule has 0 aliphatic rings. The van der Waals surface area contributed by atoms with E-state index in [1.165, 1.54) is 9.21 Å². The maximum Gasteiger partial charge on any atom is 0.242 e. The van der Waals surface area contributed by atoms with Crippen LogP contribution >= 0.6 is 23.2 Å². The Morgan fingerprint density at radius 3 is 2.26 bits per heavy atom. The van der Waals surface area contributed by atoms with Crippen LogP contribution in [-0.4, -0.2) is 50.0 Å². The molecule has 192 valence electrons. The van der Waals surface area contributed by atoms with Crippen LogP contribution in [0.2, 0.25) is 10.0 Å². The SMILES string of the molecule is CC[C@H](C)NC(=O)[C@H](C)N(Cc1ccc(Cl)cc1)C(=O)CCCN(c1cccc(Cl)c1)S(C)(=O)=O. The van der Waals surface area contributed by atoms with Gasteiger partial charge in [-0.3, -0.25) is 13.9 Å². The predicted molar refractivity (Wildman–Crippen MR) is 142 cm³/mol. The summed E-state index contributed by atoms with van der Waals surface area (Å²) in [6, 6.07) is 12.9. The summed E-state index contributed by atoms with van der Waals surface area (Å²) in [5.74, 6) is -0.482. The molecule has 2 rings (SSSR count). The number of halogens is 2. The molecule has 2 aromatic carbocycles. The van der Waals surface area contributed by atoms with Crippen molar-refractivity contribution in [1.29, 1.82) is 0 Å². The van der Waals surface area contributed by atoms with Crippen LogP contribution in [-0.2, 0) is 26.2 Å². The van der Waals surface area contributed by atoms with E-state index in [0.29, 0.717) is 15.7 Å². The van der Waals surface area contributed by atoms with Gasteiger partial charge in [0.15, 0.2) is 0 Å². The fourth-order valence-electron chi connectivity index (χ4n) is 3.47. The van der Waals surface area contributed by atoms with Gasteiger partial charge >= 0.3 is 0 Å². The normalized spacial score (nSPS) is 13.1. The van der Waals surface area contributed by atoms with E-state index < -0.39 is 16.1 Å². The van der Waals surface area contributed by atoms with Gasteiger partial charge in [-0.2, -0.15) is 0 Å². The quantitative estimate of drug-likeness (QED) is 0.415. The molecule has 0 unspecified atom stereocenters. The van der Waals surface area contributed by atoms with E-state index in [0.717, 1.165) is 18.2 Å². The maximum absolute atomic E-state index is 13.3. The van der Waals surface area contributed by atoms with E-state index in [1.807, 2.05) is 26.0 Å². The molecule has 0 bridgehead atoms. The number of hydrogen-bond acceptors (Lipinski definition) is 4. The van der Waals surface area contributed by atoms with E-state index in [4.69, 9.17) is 23.2 Å². The molecule has 2 atom stereocenters. The van der Waals surface area contributed by atoms with Gasteiger partial charge in [0.25, 0.3) is 0 Å². The number of rotatable bonds is 12. The molecule has 0 spiro atoms. The van der Waals surface area contributed by atoms with Gasteiger partial charge in [0, 0.05) is 35.6 Å². The lowest BCUT2D eigenvalue weighted by Gasteiger charge is -2.30. The molecular weight excluding hydrogens is 509 g/mol. The number of benzene rings is 2. The molecule has 10 heteroatoms. The Morgan fingerprint density at radius 2 is 1.69 bits per heavy atom. The van der Waals surface area contributed by atoms with Gasteiger partial charge in [-0.05, 0) is 62.6 Å². The second-order valence-corrected chi connectivity index (χ2v) is 11.3. The van der Waals surface area contributed by atoms with Crippen molar-refractivity contribution >= 4 is 50.7 Å². The van der Waals surface area contributed by atoms with E-state index in [-0.39, 0.29) is 43.8 Å². The van der Waals surface area contributed by atoms with Crippen LogP contribution in [0, 0.1) is 0 Å². The fraction of sp³-hybridized carbons (Fsp3) is 0.440. The monoisotopic (exact) mass is 541 g/mol. The largest absolute Gasteiger partial charge is 0.352 e. The zero-order chi connectivity index (χ0) is 26.2. The summed E-state index contributed by atoms with van der Waals surface area (Å²) in [5.41, 5.74) is 1.27. The first kappa shape index (κ1) is 28.9. The average molecular weight is 543 g/mol. The van der Waals surface area contributed by atoms with Gasteiger partial charge in [-0.1, -0.05) is 48.3 Å². The molecule has 7 nitrogen and oxygen atoms in total. The van der Waals surface area contributed by atoms with Crippen LogP contribution in [0.5, 0.6) is 0 Å². The van der Waals surface area contributed by atoms with Crippen LogP contribution in [0.3, 0.4) is 0 Å². The van der Waals surface area contributed by atoms with Gasteiger partial charge in [0.05, 0.1) is 11.9 Å². The minimum atomic E-state index is -3.58. The molecule has 0 aliphatic carbocycles. The highest BCUT2D eigenvalue weighted by molar-refractivity contribution is 7.92. The first-order valence-corrected chi connectivity index (χ1v) is 14.1. The first-order chi connectivity index (χ1) is 16.4. The number of carbonyl (C=O) groups excluding carboxylic acids is 2. The van der Waals surface area contributed by atoms with E-state index in [2.05, 4.69) is 5.32 Å². The smallest absolute Gasteiger partial charge is 0.242 e. The molecule has 0 aromatic heterocycles. The van der Waals surface area contributed by atoms with E-state index in [1.54, 1.807) is 43.3 Å². The molecule has 1 N–H and O–H groups in total. The first-order valence-electron chi connectivity index (χ1n) is 11.5. The summed E-state index contributed by atoms with van der Waals surface area (Å²) in [6.45, 7) is 5.91. The molecule has 0 radical (unpaired) electrons. The van der Waals surface area contributed by atoms with Crippen molar-refractivity contribution in [2.45, 2.75) is 58.7 Å². The highest BCUT2D eigenvalue weighted by atomic mass is 35.5. The van der Waals surface area contributed by atoms with Crippen molar-refractivity contribution in [3.8, 4) is 0 Å². The van der Waals surface area contributed by atoms with Crippen molar-refractivity contribution in [1.82, 2.24) is 10.2 Å². The molecular formula is C25H33Cl2N3O4S. The van der Waals surface area contributed by atoms with E-state index >= 15 is 0 Å². The highest BCUT2D eigenvalue weighted by Crippen LogP contribution is 2.23. The third-order valence-corrected chi connectivity index (χ3v) is 7.36. The molecule has 2 amide bonds. The number of anilines is 1. The zero-order valence-electron chi connectivity index (χ0n) is 20.5. The molecule has 2 aromatic rings. The zero-order valence-corrected chi connectivity index (χ0v) is 22.8. The van der Waals surface area contributed by atoms with Gasteiger partial charge in [-0.15, -0.1) is 0 Å². The minimum absolute atomic E-state index is 0.0153. The molecule has 0 aliphatic heterocycles. The van der Waals surface area contributed by atoms with Crippen molar-refractivity contribution in [3.05, 3.63) is 64.1 Å². The third-order valence-electron chi connectivity index (χ3n) is 5.68. The molecule has 0 saturated heterocycles. The Bertz CT molecular complexity index is 1110. The Morgan fingerprint density at radius 1 is 1.03 bits per heavy atom. The Hall–Kier alpha value is -2.29. The Labute approximate surface area is 218 Å².